The van der Waals surface area contributed by atoms with Gasteiger partial charge in [-0.05, 0) is 172 Å². The van der Waals surface area contributed by atoms with E-state index >= 15 is 0 Å². The van der Waals surface area contributed by atoms with Crippen molar-refractivity contribution in [3.63, 3.8) is 0 Å². The predicted molar refractivity (Wildman–Crippen MR) is 305 cm³/mol. The van der Waals surface area contributed by atoms with E-state index < -0.39 is 0 Å². The molecule has 4 N–H and O–H groups in total. The summed E-state index contributed by atoms with van der Waals surface area (Å²) in [5.74, 6) is 0.395. The predicted octanol–water partition coefficient (Wildman–Crippen LogP) is 12.5. The second-order valence-electron chi connectivity index (χ2n) is 20.8. The van der Waals surface area contributed by atoms with Crippen LogP contribution in [0.25, 0.3) is 11.1 Å². The summed E-state index contributed by atoms with van der Waals surface area (Å²) in [6.07, 6.45) is 4.68. The lowest BCUT2D eigenvalue weighted by molar-refractivity contribution is -0.125. The number of anilines is 4. The summed E-state index contributed by atoms with van der Waals surface area (Å²) in [5, 5.41) is 12.3. The van der Waals surface area contributed by atoms with Gasteiger partial charge in [0, 0.05) is 72.1 Å². The van der Waals surface area contributed by atoms with Crippen molar-refractivity contribution in [2.45, 2.75) is 83.7 Å². The van der Waals surface area contributed by atoms with Crippen molar-refractivity contribution in [3.05, 3.63) is 215 Å². The quantitative estimate of drug-likeness (QED) is 0.0861. The van der Waals surface area contributed by atoms with E-state index in [-0.39, 0.29) is 47.5 Å². The maximum atomic E-state index is 13.4. The molecule has 0 aromatic heterocycles. The molecule has 3 aliphatic rings. The zero-order valence-corrected chi connectivity index (χ0v) is 43.7. The number of nitrogens with zero attached hydrogens (tertiary/aromatic N) is 2. The first-order chi connectivity index (χ1) is 36.5. The maximum absolute atomic E-state index is 13.4. The molecule has 10 heteroatoms. The minimum Gasteiger partial charge on any atom is -0.372 e. The number of rotatable bonds is 14. The van der Waals surface area contributed by atoms with Crippen LogP contribution in [0.3, 0.4) is 0 Å². The molecule has 0 radical (unpaired) electrons. The van der Waals surface area contributed by atoms with E-state index in [2.05, 4.69) is 104 Å². The molecule has 10 nitrogen and oxygen atoms in total. The highest BCUT2D eigenvalue weighted by molar-refractivity contribution is 6.10. The van der Waals surface area contributed by atoms with Crippen LogP contribution in [-0.4, -0.2) is 61.9 Å². The van der Waals surface area contributed by atoms with Crippen LogP contribution < -0.4 is 31.1 Å². The van der Waals surface area contributed by atoms with Gasteiger partial charge in [-0.2, -0.15) is 0 Å². The molecule has 2 fully saturated rings. The standard InChI is InChI=1S/C36H37N3O2.C29H33N3O2/c1-24(2)37-36(41)33(25-9-4-3-5-10-25)26-19-21-39(22-20-26)30-17-15-29(16-18-30)38-35(40)32-14-8-12-28-23-27-11-6-7-13-31(27)34(28)32;1-21(2)30-29(34)27(22-9-5-3-6-10-22)23-17-19-32(20-18-23)26-15-13-25(14-16-26)31-28(33)24-11-7-4-8-12-24/h3-18,24,26,33H,19-23H2,1-2H3,(H,37,41)(H,38,40);3-16,21,23,27H,17-20H2,1-2H3,(H,30,34)(H,31,33). The third kappa shape index (κ3) is 12.9. The van der Waals surface area contributed by atoms with Crippen molar-refractivity contribution in [2.75, 3.05) is 46.6 Å². The van der Waals surface area contributed by atoms with E-state index in [1.54, 1.807) is 12.1 Å². The highest BCUT2D eigenvalue weighted by Crippen LogP contribution is 2.40. The highest BCUT2D eigenvalue weighted by atomic mass is 16.2. The normalized spacial score (nSPS) is 15.2. The molecule has 0 bridgehead atoms. The van der Waals surface area contributed by atoms with E-state index in [0.717, 1.165) is 103 Å². The van der Waals surface area contributed by atoms with Gasteiger partial charge in [0.15, 0.2) is 0 Å². The second-order valence-corrected chi connectivity index (χ2v) is 20.8. The van der Waals surface area contributed by atoms with Gasteiger partial charge >= 0.3 is 0 Å². The van der Waals surface area contributed by atoms with Crippen molar-refractivity contribution in [3.8, 4) is 11.1 Å². The minimum absolute atomic E-state index is 0.0845. The Balaban J connectivity index is 0.000000187. The summed E-state index contributed by atoms with van der Waals surface area (Å²) >= 11 is 0. The molecule has 7 aromatic rings. The number of hydrogen-bond donors (Lipinski definition) is 4. The lowest BCUT2D eigenvalue weighted by atomic mass is 9.79. The van der Waals surface area contributed by atoms with E-state index in [0.29, 0.717) is 23.0 Å². The first-order valence-electron chi connectivity index (χ1n) is 26.8. The number of carbonyl (C=O) groups excluding carboxylic acids is 4. The van der Waals surface area contributed by atoms with Gasteiger partial charge in [-0.15, -0.1) is 0 Å². The number of fused-ring (bicyclic) bond motifs is 3. The minimum atomic E-state index is -0.135. The first-order valence-corrected chi connectivity index (χ1v) is 26.8. The largest absolute Gasteiger partial charge is 0.372 e. The number of piperidine rings is 2. The molecule has 2 atom stereocenters. The Bertz CT molecular complexity index is 3020. The average molecular weight is 999 g/mol. The zero-order chi connectivity index (χ0) is 52.3. The first kappa shape index (κ1) is 51.9. The molecule has 2 saturated heterocycles. The number of benzene rings is 7. The van der Waals surface area contributed by atoms with Gasteiger partial charge in [0.2, 0.25) is 11.8 Å². The van der Waals surface area contributed by atoms with Crippen LogP contribution in [0.1, 0.15) is 108 Å². The van der Waals surface area contributed by atoms with Crippen LogP contribution in [0.2, 0.25) is 0 Å². The van der Waals surface area contributed by atoms with Crippen molar-refractivity contribution in [2.24, 2.45) is 11.8 Å². The Morgan fingerprint density at radius 3 is 1.32 bits per heavy atom. The fraction of sp³-hybridized carbons (Fsp3) is 0.292. The van der Waals surface area contributed by atoms with Crippen molar-refractivity contribution < 1.29 is 19.2 Å². The molecule has 384 valence electrons. The Morgan fingerprint density at radius 1 is 0.440 bits per heavy atom. The van der Waals surface area contributed by atoms with Gasteiger partial charge in [-0.25, -0.2) is 0 Å². The van der Waals surface area contributed by atoms with Gasteiger partial charge in [0.25, 0.3) is 11.8 Å². The Kier molecular flexibility index (Phi) is 16.9. The molecule has 10 rings (SSSR count). The molecule has 7 aromatic carbocycles. The summed E-state index contributed by atoms with van der Waals surface area (Å²) in [7, 11) is 0. The molecule has 0 spiro atoms. The van der Waals surface area contributed by atoms with Crippen LogP contribution in [0.5, 0.6) is 0 Å². The molecule has 1 aliphatic carbocycles. The number of hydrogen-bond acceptors (Lipinski definition) is 6. The molecule has 2 heterocycles. The fourth-order valence-electron chi connectivity index (χ4n) is 11.2. The molecular weight excluding hydrogens is 929 g/mol. The van der Waals surface area contributed by atoms with Crippen LogP contribution in [0.4, 0.5) is 22.7 Å². The molecule has 75 heavy (non-hydrogen) atoms. The third-order valence-corrected chi connectivity index (χ3v) is 14.8. The van der Waals surface area contributed by atoms with Crippen LogP contribution in [0.15, 0.2) is 182 Å². The summed E-state index contributed by atoms with van der Waals surface area (Å²) in [6, 6.07) is 60.3. The average Bonchev–Trinajstić information content (AvgIpc) is 3.82. The van der Waals surface area contributed by atoms with Gasteiger partial charge < -0.3 is 31.1 Å². The van der Waals surface area contributed by atoms with Crippen LogP contribution in [0, 0.1) is 11.8 Å². The Labute approximate surface area is 443 Å². The van der Waals surface area contributed by atoms with Crippen molar-refractivity contribution >= 4 is 46.4 Å². The summed E-state index contributed by atoms with van der Waals surface area (Å²) in [6.45, 7) is 11.6. The number of nitrogens with one attached hydrogen (secondary N) is 4. The van der Waals surface area contributed by atoms with Crippen LogP contribution >= 0.6 is 0 Å². The van der Waals surface area contributed by atoms with Crippen molar-refractivity contribution in [1.29, 1.82) is 0 Å². The van der Waals surface area contributed by atoms with E-state index in [9.17, 15) is 19.2 Å². The Morgan fingerprint density at radius 2 is 0.853 bits per heavy atom. The highest BCUT2D eigenvalue weighted by Gasteiger charge is 2.35. The number of amides is 4. The van der Waals surface area contributed by atoms with Gasteiger partial charge in [0.1, 0.15) is 0 Å². The topological polar surface area (TPSA) is 123 Å². The summed E-state index contributed by atoms with van der Waals surface area (Å²) in [5.41, 5.74) is 12.1. The smallest absolute Gasteiger partial charge is 0.256 e. The van der Waals surface area contributed by atoms with E-state index in [4.69, 9.17) is 0 Å². The van der Waals surface area contributed by atoms with E-state index in [1.807, 2.05) is 125 Å². The van der Waals surface area contributed by atoms with Crippen LogP contribution in [-0.2, 0) is 16.0 Å². The summed E-state index contributed by atoms with van der Waals surface area (Å²) in [4.78, 5) is 56.8. The third-order valence-electron chi connectivity index (χ3n) is 14.8. The van der Waals surface area contributed by atoms with E-state index in [1.165, 1.54) is 11.1 Å². The zero-order valence-electron chi connectivity index (χ0n) is 43.7. The van der Waals surface area contributed by atoms with Gasteiger partial charge in [-0.1, -0.05) is 115 Å². The SMILES string of the molecule is CC(C)NC(=O)C(c1ccccc1)C1CCN(c2ccc(NC(=O)c3cccc4c3-c3ccccc3C4)cc2)CC1.CC(C)NC(=O)C(c1ccccc1)C1CCN(c2ccc(NC(=O)c3ccccc3)cc2)CC1. The maximum Gasteiger partial charge on any atom is 0.256 e. The second kappa shape index (κ2) is 24.4. The monoisotopic (exact) mass is 999 g/mol. The Hall–Kier alpha value is -7.98. The molecular formula is C65H70N6O4. The fourth-order valence-corrected chi connectivity index (χ4v) is 11.2. The van der Waals surface area contributed by atoms with Crippen molar-refractivity contribution in [1.82, 2.24) is 10.6 Å². The summed E-state index contributed by atoms with van der Waals surface area (Å²) < 4.78 is 0. The van der Waals surface area contributed by atoms with Gasteiger partial charge in [-0.3, -0.25) is 19.2 Å². The molecule has 4 amide bonds. The lowest BCUT2D eigenvalue weighted by Gasteiger charge is -2.37. The van der Waals surface area contributed by atoms with Gasteiger partial charge in [0.05, 0.1) is 11.8 Å². The molecule has 2 unspecified atom stereocenters. The lowest BCUT2D eigenvalue weighted by Crippen LogP contribution is -2.42. The molecule has 2 aliphatic heterocycles. The molecule has 0 saturated carbocycles. The number of carbonyl (C=O) groups is 4.